The average Bonchev–Trinajstić information content (AvgIpc) is 3.35. The van der Waals surface area contributed by atoms with Crippen LogP contribution in [0.4, 0.5) is 15.9 Å². The standard InChI is InChI=1S/C24H22FN5O2/c25-18-10-11-20(19(15-18)24(32)29-21-5-1-2-12-27-21)28-23(31)17-8-6-16(7-9-17)22(26)30-13-3-4-14-30/h1-2,5-12,15,26H,3-4,13-14H2,(H,28,31)(H,27,29,32). The van der Waals surface area contributed by atoms with Gasteiger partial charge in [0.25, 0.3) is 11.8 Å². The zero-order valence-electron chi connectivity index (χ0n) is 17.3. The van der Waals surface area contributed by atoms with Crippen LogP contribution in [0.3, 0.4) is 0 Å². The minimum atomic E-state index is -0.598. The molecule has 2 heterocycles. The van der Waals surface area contributed by atoms with E-state index in [1.165, 1.54) is 18.3 Å². The number of amides is 2. The van der Waals surface area contributed by atoms with Crippen molar-refractivity contribution in [2.45, 2.75) is 12.8 Å². The first-order chi connectivity index (χ1) is 15.5. The van der Waals surface area contributed by atoms with Gasteiger partial charge in [0.2, 0.25) is 0 Å². The van der Waals surface area contributed by atoms with Crippen molar-refractivity contribution in [1.29, 1.82) is 5.41 Å². The van der Waals surface area contributed by atoms with E-state index in [4.69, 9.17) is 5.41 Å². The number of nitrogens with one attached hydrogen (secondary N) is 3. The predicted molar refractivity (Wildman–Crippen MR) is 121 cm³/mol. The number of nitrogens with zero attached hydrogens (tertiary/aromatic N) is 2. The van der Waals surface area contributed by atoms with Gasteiger partial charge in [0.1, 0.15) is 17.5 Å². The quantitative estimate of drug-likeness (QED) is 0.418. The fourth-order valence-electron chi connectivity index (χ4n) is 3.53. The van der Waals surface area contributed by atoms with E-state index in [9.17, 15) is 14.0 Å². The fourth-order valence-corrected chi connectivity index (χ4v) is 3.53. The van der Waals surface area contributed by atoms with Crippen molar-refractivity contribution in [2.75, 3.05) is 23.7 Å². The first-order valence-corrected chi connectivity index (χ1v) is 10.3. The van der Waals surface area contributed by atoms with Gasteiger partial charge in [-0.3, -0.25) is 15.0 Å². The molecule has 1 fully saturated rings. The maximum Gasteiger partial charge on any atom is 0.259 e. The van der Waals surface area contributed by atoms with Crippen LogP contribution in [0.1, 0.15) is 39.1 Å². The summed E-state index contributed by atoms with van der Waals surface area (Å²) in [6, 6.07) is 15.3. The van der Waals surface area contributed by atoms with Crippen LogP contribution in [0.25, 0.3) is 0 Å². The second kappa shape index (κ2) is 9.38. The van der Waals surface area contributed by atoms with Crippen molar-refractivity contribution < 1.29 is 14.0 Å². The molecule has 1 aliphatic heterocycles. The molecule has 0 unspecified atom stereocenters. The number of benzene rings is 2. The largest absolute Gasteiger partial charge is 0.357 e. The van der Waals surface area contributed by atoms with Crippen molar-refractivity contribution in [3.63, 3.8) is 0 Å². The molecule has 1 aromatic heterocycles. The smallest absolute Gasteiger partial charge is 0.259 e. The van der Waals surface area contributed by atoms with E-state index in [0.717, 1.165) is 37.6 Å². The lowest BCUT2D eigenvalue weighted by Crippen LogP contribution is -2.27. The highest BCUT2D eigenvalue weighted by molar-refractivity contribution is 6.12. The summed E-state index contributed by atoms with van der Waals surface area (Å²) in [5.41, 5.74) is 1.26. The molecule has 0 aliphatic carbocycles. The number of carbonyl (C=O) groups excluding carboxylic acids is 2. The van der Waals surface area contributed by atoms with Crippen molar-refractivity contribution in [1.82, 2.24) is 9.88 Å². The van der Waals surface area contributed by atoms with Gasteiger partial charge < -0.3 is 15.5 Å². The molecule has 0 spiro atoms. The predicted octanol–water partition coefficient (Wildman–Crippen LogP) is 4.15. The van der Waals surface area contributed by atoms with Crippen molar-refractivity contribution in [3.8, 4) is 0 Å². The van der Waals surface area contributed by atoms with Gasteiger partial charge in [-0.1, -0.05) is 18.2 Å². The summed E-state index contributed by atoms with van der Waals surface area (Å²) >= 11 is 0. The van der Waals surface area contributed by atoms with E-state index in [0.29, 0.717) is 17.2 Å². The number of likely N-dealkylation sites (tertiary alicyclic amines) is 1. The Labute approximate surface area is 184 Å². The van der Waals surface area contributed by atoms with Crippen LogP contribution in [-0.4, -0.2) is 40.6 Å². The van der Waals surface area contributed by atoms with Gasteiger partial charge in [-0.25, -0.2) is 9.37 Å². The molecule has 0 atom stereocenters. The topological polar surface area (TPSA) is 98.2 Å². The Kier molecular flexibility index (Phi) is 6.21. The third-order valence-corrected chi connectivity index (χ3v) is 5.22. The van der Waals surface area contributed by atoms with Gasteiger partial charge in [0.15, 0.2) is 0 Å². The summed E-state index contributed by atoms with van der Waals surface area (Å²) < 4.78 is 13.8. The summed E-state index contributed by atoms with van der Waals surface area (Å²) in [5.74, 6) is -0.869. The van der Waals surface area contributed by atoms with E-state index < -0.39 is 17.6 Å². The van der Waals surface area contributed by atoms with Crippen molar-refractivity contribution in [3.05, 3.63) is 89.4 Å². The highest BCUT2D eigenvalue weighted by Gasteiger charge is 2.18. The van der Waals surface area contributed by atoms with E-state index in [1.54, 1.807) is 42.5 Å². The Morgan fingerprint density at radius 1 is 0.906 bits per heavy atom. The molecule has 0 radical (unpaired) electrons. The Morgan fingerprint density at radius 3 is 2.31 bits per heavy atom. The van der Waals surface area contributed by atoms with Crippen LogP contribution in [0, 0.1) is 11.2 Å². The summed E-state index contributed by atoms with van der Waals surface area (Å²) in [4.78, 5) is 31.4. The van der Waals surface area contributed by atoms with E-state index in [1.807, 2.05) is 4.90 Å². The van der Waals surface area contributed by atoms with Crippen LogP contribution < -0.4 is 10.6 Å². The Balaban J connectivity index is 1.49. The number of hydrogen-bond donors (Lipinski definition) is 3. The van der Waals surface area contributed by atoms with E-state index in [2.05, 4.69) is 15.6 Å². The number of rotatable bonds is 5. The van der Waals surface area contributed by atoms with Gasteiger partial charge >= 0.3 is 0 Å². The lowest BCUT2D eigenvalue weighted by molar-refractivity contribution is 0.102. The molecular formula is C24H22FN5O2. The summed E-state index contributed by atoms with van der Waals surface area (Å²) in [5, 5.41) is 13.6. The number of aromatic nitrogens is 1. The Hall–Kier alpha value is -4.07. The third-order valence-electron chi connectivity index (χ3n) is 5.22. The van der Waals surface area contributed by atoms with Gasteiger partial charge in [0, 0.05) is 30.4 Å². The maximum absolute atomic E-state index is 13.8. The van der Waals surface area contributed by atoms with Crippen LogP contribution in [-0.2, 0) is 0 Å². The minimum absolute atomic E-state index is 0.0172. The molecule has 1 saturated heterocycles. The summed E-state index contributed by atoms with van der Waals surface area (Å²) in [7, 11) is 0. The van der Waals surface area contributed by atoms with Gasteiger partial charge in [-0.15, -0.1) is 0 Å². The number of pyridine rings is 1. The third kappa shape index (κ3) is 4.80. The lowest BCUT2D eigenvalue weighted by atomic mass is 10.1. The number of halogens is 1. The second-order valence-corrected chi connectivity index (χ2v) is 7.43. The maximum atomic E-state index is 13.8. The number of carbonyl (C=O) groups is 2. The molecule has 3 N–H and O–H groups in total. The van der Waals surface area contributed by atoms with Crippen molar-refractivity contribution >= 4 is 29.2 Å². The lowest BCUT2D eigenvalue weighted by Gasteiger charge is -2.18. The highest BCUT2D eigenvalue weighted by Crippen LogP contribution is 2.20. The number of amidine groups is 1. The monoisotopic (exact) mass is 431 g/mol. The number of anilines is 2. The van der Waals surface area contributed by atoms with Crippen LogP contribution >= 0.6 is 0 Å². The Bertz CT molecular complexity index is 1140. The molecule has 4 rings (SSSR count). The normalized spacial score (nSPS) is 13.0. The highest BCUT2D eigenvalue weighted by atomic mass is 19.1. The Morgan fingerprint density at radius 2 is 1.62 bits per heavy atom. The molecule has 2 aromatic carbocycles. The van der Waals surface area contributed by atoms with Crippen molar-refractivity contribution in [2.24, 2.45) is 0 Å². The molecule has 8 heteroatoms. The van der Waals surface area contributed by atoms with Crippen LogP contribution in [0.2, 0.25) is 0 Å². The molecule has 0 saturated carbocycles. The average molecular weight is 431 g/mol. The fraction of sp³-hybridized carbons (Fsp3) is 0.167. The molecule has 1 aliphatic rings. The molecular weight excluding hydrogens is 409 g/mol. The SMILES string of the molecule is N=C(c1ccc(C(=O)Nc2ccc(F)cc2C(=O)Nc2ccccn2)cc1)N1CCCC1. The summed E-state index contributed by atoms with van der Waals surface area (Å²) in [6.45, 7) is 1.74. The van der Waals surface area contributed by atoms with Gasteiger partial charge in [-0.05, 0) is 55.3 Å². The first kappa shape index (κ1) is 21.2. The second-order valence-electron chi connectivity index (χ2n) is 7.43. The molecule has 3 aromatic rings. The summed E-state index contributed by atoms with van der Waals surface area (Å²) in [6.07, 6.45) is 3.69. The molecule has 2 amide bonds. The molecule has 0 bridgehead atoms. The van der Waals surface area contributed by atoms with Gasteiger partial charge in [0.05, 0.1) is 11.3 Å². The first-order valence-electron chi connectivity index (χ1n) is 10.3. The minimum Gasteiger partial charge on any atom is -0.357 e. The molecule has 7 nitrogen and oxygen atoms in total. The van der Waals surface area contributed by atoms with E-state index >= 15 is 0 Å². The zero-order valence-corrected chi connectivity index (χ0v) is 17.3. The van der Waals surface area contributed by atoms with Crippen LogP contribution in [0.15, 0.2) is 66.9 Å². The van der Waals surface area contributed by atoms with Crippen LogP contribution in [0.5, 0.6) is 0 Å². The van der Waals surface area contributed by atoms with E-state index in [-0.39, 0.29) is 11.3 Å². The molecule has 162 valence electrons. The van der Waals surface area contributed by atoms with Gasteiger partial charge in [-0.2, -0.15) is 0 Å². The molecule has 32 heavy (non-hydrogen) atoms. The zero-order chi connectivity index (χ0) is 22.5. The number of hydrogen-bond acceptors (Lipinski definition) is 4.